The van der Waals surface area contributed by atoms with E-state index in [0.717, 1.165) is 21.8 Å². The maximum atomic E-state index is 12.2. The number of hydrogen-bond acceptors (Lipinski definition) is 1. The summed E-state index contributed by atoms with van der Waals surface area (Å²) in [6.07, 6.45) is 2.83. The van der Waals surface area contributed by atoms with Crippen molar-refractivity contribution in [3.8, 4) is 0 Å². The van der Waals surface area contributed by atoms with Crippen LogP contribution in [0, 0.1) is 0 Å². The summed E-state index contributed by atoms with van der Waals surface area (Å²) in [6, 6.07) is 16.0. The zero-order chi connectivity index (χ0) is 15.5. The van der Waals surface area contributed by atoms with Crippen LogP contribution in [0.25, 0.3) is 10.9 Å². The first-order valence-electron chi connectivity index (χ1n) is 7.21. The number of halogens is 1. The smallest absolute Gasteiger partial charge is 0.251 e. The molecule has 0 saturated heterocycles. The molecule has 0 atom stereocenters. The highest BCUT2D eigenvalue weighted by atomic mass is 79.9. The van der Waals surface area contributed by atoms with Gasteiger partial charge in [0.1, 0.15) is 0 Å². The summed E-state index contributed by atoms with van der Waals surface area (Å²) >= 11 is 3.42. The lowest BCUT2D eigenvalue weighted by Gasteiger charge is -2.06. The zero-order valence-electron chi connectivity index (χ0n) is 12.3. The third-order valence-corrected chi connectivity index (χ3v) is 4.29. The molecule has 1 N–H and O–H groups in total. The van der Waals surface area contributed by atoms with Crippen LogP contribution in [0.2, 0.25) is 0 Å². The number of nitrogens with zero attached hydrogens (tertiary/aromatic N) is 1. The van der Waals surface area contributed by atoms with E-state index in [1.165, 1.54) is 5.56 Å². The molecule has 0 bridgehead atoms. The number of aromatic nitrogens is 1. The van der Waals surface area contributed by atoms with Crippen LogP contribution in [0.1, 0.15) is 15.9 Å². The quantitative estimate of drug-likeness (QED) is 0.755. The summed E-state index contributed by atoms with van der Waals surface area (Å²) in [5, 5.41) is 4.06. The van der Waals surface area contributed by atoms with E-state index >= 15 is 0 Å². The van der Waals surface area contributed by atoms with Crippen LogP contribution in [0.15, 0.2) is 59.2 Å². The molecule has 0 radical (unpaired) electrons. The maximum Gasteiger partial charge on any atom is 0.251 e. The van der Waals surface area contributed by atoms with Gasteiger partial charge in [0.2, 0.25) is 0 Å². The molecule has 3 rings (SSSR count). The lowest BCUT2D eigenvalue weighted by atomic mass is 10.1. The minimum atomic E-state index is -0.0251. The second-order valence-electron chi connectivity index (χ2n) is 5.33. The lowest BCUT2D eigenvalue weighted by Crippen LogP contribution is -2.25. The van der Waals surface area contributed by atoms with E-state index in [9.17, 15) is 4.79 Å². The fraction of sp³-hybridized carbons (Fsp3) is 0.167. The van der Waals surface area contributed by atoms with Gasteiger partial charge in [0.15, 0.2) is 0 Å². The Morgan fingerprint density at radius 3 is 2.68 bits per heavy atom. The highest BCUT2D eigenvalue weighted by Crippen LogP contribution is 2.16. The van der Waals surface area contributed by atoms with E-state index in [1.807, 2.05) is 54.2 Å². The minimum absolute atomic E-state index is 0.0251. The Hall–Kier alpha value is -2.07. The van der Waals surface area contributed by atoms with Gasteiger partial charge in [-0.25, -0.2) is 0 Å². The second-order valence-corrected chi connectivity index (χ2v) is 6.25. The Kier molecular flexibility index (Phi) is 4.29. The van der Waals surface area contributed by atoms with Crippen molar-refractivity contribution in [3.63, 3.8) is 0 Å². The molecule has 0 aliphatic heterocycles. The summed E-state index contributed by atoms with van der Waals surface area (Å²) in [4.78, 5) is 12.2. The molecule has 1 amide bonds. The third-order valence-electron chi connectivity index (χ3n) is 3.76. The number of carbonyl (C=O) groups excluding carboxylic acids is 1. The average molecular weight is 357 g/mol. The molecule has 0 unspecified atom stereocenters. The van der Waals surface area contributed by atoms with Crippen LogP contribution in [0.3, 0.4) is 0 Å². The molecule has 4 heteroatoms. The SMILES string of the molecule is Cn1ccc2cc(C(=O)NCCc3ccc(Br)cc3)ccc21. The van der Waals surface area contributed by atoms with E-state index in [1.54, 1.807) is 0 Å². The van der Waals surface area contributed by atoms with Crippen molar-refractivity contribution in [3.05, 3.63) is 70.3 Å². The van der Waals surface area contributed by atoms with Crippen LogP contribution in [-0.2, 0) is 13.5 Å². The molecular formula is C18H17BrN2O. The number of fused-ring (bicyclic) bond motifs is 1. The zero-order valence-corrected chi connectivity index (χ0v) is 13.9. The van der Waals surface area contributed by atoms with E-state index in [2.05, 4.69) is 33.4 Å². The fourth-order valence-corrected chi connectivity index (χ4v) is 2.76. The fourth-order valence-electron chi connectivity index (χ4n) is 2.50. The van der Waals surface area contributed by atoms with E-state index in [0.29, 0.717) is 12.1 Å². The molecule has 3 aromatic rings. The molecule has 1 heterocycles. The minimum Gasteiger partial charge on any atom is -0.352 e. The van der Waals surface area contributed by atoms with Crippen LogP contribution >= 0.6 is 15.9 Å². The Labute approximate surface area is 138 Å². The first-order chi connectivity index (χ1) is 10.6. The number of carbonyl (C=O) groups is 1. The van der Waals surface area contributed by atoms with Gasteiger partial charge in [-0.15, -0.1) is 0 Å². The van der Waals surface area contributed by atoms with Crippen LogP contribution in [0.4, 0.5) is 0 Å². The van der Waals surface area contributed by atoms with Gasteiger partial charge >= 0.3 is 0 Å². The Morgan fingerprint density at radius 1 is 1.14 bits per heavy atom. The van der Waals surface area contributed by atoms with Crippen LogP contribution < -0.4 is 5.32 Å². The largest absolute Gasteiger partial charge is 0.352 e. The van der Waals surface area contributed by atoms with Crippen molar-refractivity contribution in [2.24, 2.45) is 7.05 Å². The lowest BCUT2D eigenvalue weighted by molar-refractivity contribution is 0.0954. The second kappa shape index (κ2) is 6.36. The van der Waals surface area contributed by atoms with Gasteiger partial charge in [-0.1, -0.05) is 28.1 Å². The monoisotopic (exact) mass is 356 g/mol. The van der Waals surface area contributed by atoms with Crippen LogP contribution in [-0.4, -0.2) is 17.0 Å². The van der Waals surface area contributed by atoms with Crippen molar-refractivity contribution >= 4 is 32.7 Å². The third kappa shape index (κ3) is 3.22. The molecule has 0 spiro atoms. The van der Waals surface area contributed by atoms with E-state index in [-0.39, 0.29) is 5.91 Å². The molecule has 2 aromatic carbocycles. The molecule has 0 saturated carbocycles. The molecule has 0 fully saturated rings. The number of hydrogen-bond donors (Lipinski definition) is 1. The van der Waals surface area contributed by atoms with Crippen molar-refractivity contribution in [1.29, 1.82) is 0 Å². The predicted molar refractivity (Wildman–Crippen MR) is 93.1 cm³/mol. The Balaban J connectivity index is 1.62. The molecule has 0 aliphatic rings. The number of rotatable bonds is 4. The molecule has 1 aromatic heterocycles. The molecular weight excluding hydrogens is 340 g/mol. The number of benzene rings is 2. The molecule has 0 aliphatic carbocycles. The number of nitrogens with one attached hydrogen (secondary N) is 1. The topological polar surface area (TPSA) is 34.0 Å². The first kappa shape index (κ1) is 14.9. The van der Waals surface area contributed by atoms with Crippen molar-refractivity contribution in [2.45, 2.75) is 6.42 Å². The van der Waals surface area contributed by atoms with Crippen molar-refractivity contribution in [1.82, 2.24) is 9.88 Å². The van der Waals surface area contributed by atoms with Gasteiger partial charge in [0.05, 0.1) is 0 Å². The number of amides is 1. The highest BCUT2D eigenvalue weighted by molar-refractivity contribution is 9.10. The van der Waals surface area contributed by atoms with Gasteiger partial charge in [-0.3, -0.25) is 4.79 Å². The average Bonchev–Trinajstić information content (AvgIpc) is 2.90. The standard InChI is InChI=1S/C18H17BrN2O/c1-21-11-9-14-12-15(4-7-17(14)21)18(22)20-10-8-13-2-5-16(19)6-3-13/h2-7,9,11-12H,8,10H2,1H3,(H,20,22). The summed E-state index contributed by atoms with van der Waals surface area (Å²) in [7, 11) is 2.00. The van der Waals surface area contributed by atoms with Gasteiger partial charge < -0.3 is 9.88 Å². The normalized spacial score (nSPS) is 10.8. The molecule has 22 heavy (non-hydrogen) atoms. The predicted octanol–water partition coefficient (Wildman–Crippen LogP) is 3.91. The molecule has 112 valence electrons. The van der Waals surface area contributed by atoms with E-state index in [4.69, 9.17) is 0 Å². The number of aryl methyl sites for hydroxylation is 1. The first-order valence-corrected chi connectivity index (χ1v) is 8.00. The highest BCUT2D eigenvalue weighted by Gasteiger charge is 2.07. The van der Waals surface area contributed by atoms with Crippen LogP contribution in [0.5, 0.6) is 0 Å². The Bertz CT molecular complexity index is 806. The summed E-state index contributed by atoms with van der Waals surface area (Å²) in [5.41, 5.74) is 3.04. The van der Waals surface area contributed by atoms with Gasteiger partial charge in [-0.2, -0.15) is 0 Å². The molecule has 3 nitrogen and oxygen atoms in total. The summed E-state index contributed by atoms with van der Waals surface area (Å²) in [6.45, 7) is 0.632. The maximum absolute atomic E-state index is 12.2. The van der Waals surface area contributed by atoms with Gasteiger partial charge in [0, 0.05) is 40.7 Å². The Morgan fingerprint density at radius 2 is 1.91 bits per heavy atom. The summed E-state index contributed by atoms with van der Waals surface area (Å²) in [5.74, 6) is -0.0251. The summed E-state index contributed by atoms with van der Waals surface area (Å²) < 4.78 is 3.11. The van der Waals surface area contributed by atoms with Crippen molar-refractivity contribution < 1.29 is 4.79 Å². The van der Waals surface area contributed by atoms with Gasteiger partial charge in [-0.05, 0) is 48.4 Å². The van der Waals surface area contributed by atoms with Crippen molar-refractivity contribution in [2.75, 3.05) is 6.54 Å². The van der Waals surface area contributed by atoms with Gasteiger partial charge in [0.25, 0.3) is 5.91 Å². The van der Waals surface area contributed by atoms with E-state index < -0.39 is 0 Å².